The maximum absolute atomic E-state index is 12.1. The van der Waals surface area contributed by atoms with Gasteiger partial charge in [0, 0.05) is 12.6 Å². The molecule has 2 rings (SSSR count). The predicted molar refractivity (Wildman–Crippen MR) is 71.5 cm³/mol. The summed E-state index contributed by atoms with van der Waals surface area (Å²) in [5.74, 6) is 0.336. The van der Waals surface area contributed by atoms with E-state index < -0.39 is 0 Å². The molecule has 0 bridgehead atoms. The number of carbonyl (C=O) groups excluding carboxylic acids is 1. The molecule has 18 heavy (non-hydrogen) atoms. The first kappa shape index (κ1) is 12.2. The van der Waals surface area contributed by atoms with Crippen LogP contribution in [-0.4, -0.2) is 15.7 Å². The van der Waals surface area contributed by atoms with Crippen molar-refractivity contribution in [1.29, 1.82) is 0 Å². The molecule has 0 aliphatic heterocycles. The fraction of sp³-hybridized carbons (Fsp3) is 0.231. The smallest absolute Gasteiger partial charge is 0.257 e. The van der Waals surface area contributed by atoms with Gasteiger partial charge in [-0.2, -0.15) is 5.10 Å². The van der Waals surface area contributed by atoms with Gasteiger partial charge in [-0.1, -0.05) is 17.7 Å². The first-order valence-electron chi connectivity index (χ1n) is 5.65. The van der Waals surface area contributed by atoms with Crippen LogP contribution < -0.4 is 11.1 Å². The van der Waals surface area contributed by atoms with E-state index in [0.29, 0.717) is 17.1 Å². The topological polar surface area (TPSA) is 72.9 Å². The van der Waals surface area contributed by atoms with Crippen molar-refractivity contribution in [3.8, 4) is 0 Å². The van der Waals surface area contributed by atoms with Gasteiger partial charge in [0.05, 0.1) is 11.9 Å². The minimum Gasteiger partial charge on any atom is -0.394 e. The lowest BCUT2D eigenvalue weighted by Gasteiger charge is -2.09. The third-order valence-electron chi connectivity index (χ3n) is 2.83. The number of aryl methyl sites for hydroxylation is 3. The van der Waals surface area contributed by atoms with Crippen LogP contribution in [0.1, 0.15) is 21.5 Å². The summed E-state index contributed by atoms with van der Waals surface area (Å²) in [6, 6.07) is 5.70. The van der Waals surface area contributed by atoms with E-state index in [2.05, 4.69) is 10.4 Å². The van der Waals surface area contributed by atoms with Gasteiger partial charge in [0.1, 0.15) is 0 Å². The van der Waals surface area contributed by atoms with Crippen LogP contribution in [0.15, 0.2) is 24.4 Å². The van der Waals surface area contributed by atoms with Crippen LogP contribution in [0.25, 0.3) is 0 Å². The van der Waals surface area contributed by atoms with Gasteiger partial charge in [-0.3, -0.25) is 9.48 Å². The van der Waals surface area contributed by atoms with E-state index in [1.807, 2.05) is 32.0 Å². The van der Waals surface area contributed by atoms with E-state index in [1.165, 1.54) is 10.9 Å². The van der Waals surface area contributed by atoms with Gasteiger partial charge < -0.3 is 11.1 Å². The Morgan fingerprint density at radius 1 is 1.39 bits per heavy atom. The van der Waals surface area contributed by atoms with Crippen LogP contribution in [-0.2, 0) is 7.05 Å². The lowest BCUT2D eigenvalue weighted by atomic mass is 10.1. The minimum absolute atomic E-state index is 0.178. The third kappa shape index (κ3) is 2.20. The summed E-state index contributed by atoms with van der Waals surface area (Å²) in [5.41, 5.74) is 8.89. The Balaban J connectivity index is 2.28. The number of nitrogen functional groups attached to an aromatic ring is 1. The molecular weight excluding hydrogens is 228 g/mol. The fourth-order valence-corrected chi connectivity index (χ4v) is 1.85. The number of benzene rings is 1. The number of carbonyl (C=O) groups is 1. The van der Waals surface area contributed by atoms with E-state index in [0.717, 1.165) is 11.1 Å². The molecule has 1 amide bonds. The largest absolute Gasteiger partial charge is 0.394 e. The highest BCUT2D eigenvalue weighted by Gasteiger charge is 2.13. The zero-order valence-electron chi connectivity index (χ0n) is 10.7. The average molecular weight is 244 g/mol. The van der Waals surface area contributed by atoms with E-state index in [-0.39, 0.29) is 5.91 Å². The van der Waals surface area contributed by atoms with Gasteiger partial charge in [-0.15, -0.1) is 0 Å². The van der Waals surface area contributed by atoms with Gasteiger partial charge in [-0.25, -0.2) is 0 Å². The Morgan fingerprint density at radius 2 is 2.11 bits per heavy atom. The number of aromatic nitrogens is 2. The fourth-order valence-electron chi connectivity index (χ4n) is 1.85. The van der Waals surface area contributed by atoms with Crippen molar-refractivity contribution < 1.29 is 4.79 Å². The predicted octanol–water partition coefficient (Wildman–Crippen LogP) is 1.87. The van der Waals surface area contributed by atoms with Gasteiger partial charge >= 0.3 is 0 Å². The molecule has 94 valence electrons. The first-order valence-corrected chi connectivity index (χ1v) is 5.65. The van der Waals surface area contributed by atoms with E-state index in [9.17, 15) is 4.79 Å². The molecule has 0 fully saturated rings. The molecule has 0 saturated carbocycles. The highest BCUT2D eigenvalue weighted by molar-refractivity contribution is 6.06. The summed E-state index contributed by atoms with van der Waals surface area (Å²) in [5, 5.41) is 6.75. The molecule has 1 aromatic heterocycles. The summed E-state index contributed by atoms with van der Waals surface area (Å²) < 4.78 is 1.54. The molecule has 3 N–H and O–H groups in total. The average Bonchev–Trinajstić information content (AvgIpc) is 2.60. The van der Waals surface area contributed by atoms with Crippen LogP contribution in [0, 0.1) is 13.8 Å². The number of anilines is 2. The Kier molecular flexibility index (Phi) is 3.06. The second-order valence-corrected chi connectivity index (χ2v) is 4.34. The van der Waals surface area contributed by atoms with Gasteiger partial charge in [0.25, 0.3) is 5.91 Å². The van der Waals surface area contributed by atoms with E-state index in [4.69, 9.17) is 5.73 Å². The van der Waals surface area contributed by atoms with Gasteiger partial charge in [0.2, 0.25) is 0 Å². The number of hydrogen-bond acceptors (Lipinski definition) is 3. The number of amides is 1. The molecule has 2 aromatic rings. The normalized spacial score (nSPS) is 10.4. The van der Waals surface area contributed by atoms with Crippen molar-refractivity contribution in [2.45, 2.75) is 13.8 Å². The van der Waals surface area contributed by atoms with Gasteiger partial charge in [-0.05, 0) is 25.5 Å². The van der Waals surface area contributed by atoms with E-state index >= 15 is 0 Å². The number of rotatable bonds is 2. The van der Waals surface area contributed by atoms with Crippen LogP contribution in [0.2, 0.25) is 0 Å². The number of hydrogen-bond donors (Lipinski definition) is 2. The van der Waals surface area contributed by atoms with Crippen molar-refractivity contribution in [3.63, 3.8) is 0 Å². The van der Waals surface area contributed by atoms with Crippen molar-refractivity contribution in [2.75, 3.05) is 11.1 Å². The molecular formula is C13H16N4O. The molecule has 5 heteroatoms. The van der Waals surface area contributed by atoms with Crippen LogP contribution in [0.3, 0.4) is 0 Å². The molecule has 0 spiro atoms. The second kappa shape index (κ2) is 4.52. The Morgan fingerprint density at radius 3 is 2.67 bits per heavy atom. The summed E-state index contributed by atoms with van der Waals surface area (Å²) in [7, 11) is 1.73. The summed E-state index contributed by atoms with van der Waals surface area (Å²) >= 11 is 0. The first-order chi connectivity index (χ1) is 8.49. The molecule has 0 unspecified atom stereocenters. The molecule has 1 aromatic carbocycles. The lowest BCUT2D eigenvalue weighted by Crippen LogP contribution is -2.16. The molecule has 0 aliphatic rings. The molecule has 0 radical (unpaired) electrons. The molecule has 0 aliphatic carbocycles. The van der Waals surface area contributed by atoms with Crippen molar-refractivity contribution in [1.82, 2.24) is 9.78 Å². The molecule has 0 atom stereocenters. The van der Waals surface area contributed by atoms with Crippen molar-refractivity contribution in [3.05, 3.63) is 41.1 Å². The van der Waals surface area contributed by atoms with Crippen LogP contribution in [0.4, 0.5) is 11.5 Å². The monoisotopic (exact) mass is 244 g/mol. The summed E-state index contributed by atoms with van der Waals surface area (Å²) in [6.45, 7) is 3.91. The highest BCUT2D eigenvalue weighted by Crippen LogP contribution is 2.18. The summed E-state index contributed by atoms with van der Waals surface area (Å²) in [6.07, 6.45) is 1.51. The number of nitrogens with zero attached hydrogens (tertiary/aromatic N) is 2. The zero-order chi connectivity index (χ0) is 13.3. The second-order valence-electron chi connectivity index (χ2n) is 4.34. The van der Waals surface area contributed by atoms with Gasteiger partial charge in [0.15, 0.2) is 5.82 Å². The highest BCUT2D eigenvalue weighted by atomic mass is 16.1. The summed E-state index contributed by atoms with van der Waals surface area (Å²) in [4.78, 5) is 12.1. The minimum atomic E-state index is -0.178. The van der Waals surface area contributed by atoms with E-state index in [1.54, 1.807) is 7.05 Å². The Hall–Kier alpha value is -2.30. The SMILES string of the molecule is Cc1ccc(C(=O)Nc2c(N)cnn2C)c(C)c1. The number of nitrogens with one attached hydrogen (secondary N) is 1. The number of nitrogens with two attached hydrogens (primary N) is 1. The Bertz CT molecular complexity index is 582. The lowest BCUT2D eigenvalue weighted by molar-refractivity contribution is 0.102. The molecule has 5 nitrogen and oxygen atoms in total. The zero-order valence-corrected chi connectivity index (χ0v) is 10.7. The van der Waals surface area contributed by atoms with Crippen molar-refractivity contribution >= 4 is 17.4 Å². The van der Waals surface area contributed by atoms with Crippen LogP contribution in [0.5, 0.6) is 0 Å². The van der Waals surface area contributed by atoms with Crippen molar-refractivity contribution in [2.24, 2.45) is 7.05 Å². The molecule has 0 saturated heterocycles. The Labute approximate surface area is 106 Å². The van der Waals surface area contributed by atoms with Crippen LogP contribution >= 0.6 is 0 Å². The maximum Gasteiger partial charge on any atom is 0.257 e. The molecule has 1 heterocycles. The standard InChI is InChI=1S/C13H16N4O/c1-8-4-5-10(9(2)6-8)13(18)16-12-11(14)7-15-17(12)3/h4-7H,14H2,1-3H3,(H,16,18). The maximum atomic E-state index is 12.1. The third-order valence-corrected chi connectivity index (χ3v) is 2.83. The quantitative estimate of drug-likeness (QED) is 0.847.